The number of pyridine rings is 1. The average molecular weight is 191 g/mol. The van der Waals surface area contributed by atoms with Gasteiger partial charge >= 0.3 is 0 Å². The third-order valence-electron chi connectivity index (χ3n) is 2.59. The Labute approximate surface area is 84.9 Å². The van der Waals surface area contributed by atoms with Crippen LogP contribution < -0.4 is 10.6 Å². The van der Waals surface area contributed by atoms with Crippen molar-refractivity contribution in [3.8, 4) is 0 Å². The first-order chi connectivity index (χ1) is 6.95. The van der Waals surface area contributed by atoms with E-state index >= 15 is 0 Å². The van der Waals surface area contributed by atoms with E-state index in [2.05, 4.69) is 21.7 Å². The highest BCUT2D eigenvalue weighted by atomic mass is 15.0. The average Bonchev–Trinajstić information content (AvgIpc) is 2.72. The number of nitrogens with one attached hydrogen (secondary N) is 2. The first kappa shape index (κ1) is 9.62. The minimum Gasteiger partial charge on any atom is -0.313 e. The van der Waals surface area contributed by atoms with Gasteiger partial charge in [-0.1, -0.05) is 6.07 Å². The van der Waals surface area contributed by atoms with Crippen molar-refractivity contribution < 1.29 is 0 Å². The summed E-state index contributed by atoms with van der Waals surface area (Å²) in [4.78, 5) is 4.26. The van der Waals surface area contributed by atoms with Crippen molar-refractivity contribution in [1.82, 2.24) is 15.6 Å². The molecule has 1 aromatic rings. The second-order valence-electron chi connectivity index (χ2n) is 3.75. The standard InChI is InChI=1S/C11H17N3/c1-2-6-13-10(4-1)8-12-9-11-5-3-7-14-11/h1-2,4,6,11-12,14H,3,5,7-9H2/t11-/m0/s1. The number of rotatable bonds is 4. The van der Waals surface area contributed by atoms with E-state index in [1.807, 2.05) is 18.3 Å². The van der Waals surface area contributed by atoms with E-state index < -0.39 is 0 Å². The maximum Gasteiger partial charge on any atom is 0.0541 e. The van der Waals surface area contributed by atoms with Gasteiger partial charge in [-0.2, -0.15) is 0 Å². The minimum atomic E-state index is 0.665. The topological polar surface area (TPSA) is 37.0 Å². The van der Waals surface area contributed by atoms with Crippen LogP contribution in [0.2, 0.25) is 0 Å². The maximum atomic E-state index is 4.26. The molecule has 0 spiro atoms. The van der Waals surface area contributed by atoms with Crippen LogP contribution in [0, 0.1) is 0 Å². The largest absolute Gasteiger partial charge is 0.313 e. The van der Waals surface area contributed by atoms with Crippen molar-refractivity contribution in [1.29, 1.82) is 0 Å². The summed E-state index contributed by atoms with van der Waals surface area (Å²) >= 11 is 0. The van der Waals surface area contributed by atoms with Gasteiger partial charge in [-0.3, -0.25) is 4.98 Å². The molecule has 0 aromatic carbocycles. The zero-order chi connectivity index (χ0) is 9.64. The molecule has 1 fully saturated rings. The molecule has 3 heteroatoms. The van der Waals surface area contributed by atoms with E-state index in [4.69, 9.17) is 0 Å². The summed E-state index contributed by atoms with van der Waals surface area (Å²) in [5.41, 5.74) is 1.12. The van der Waals surface area contributed by atoms with Gasteiger partial charge in [0.25, 0.3) is 0 Å². The van der Waals surface area contributed by atoms with Gasteiger partial charge < -0.3 is 10.6 Å². The van der Waals surface area contributed by atoms with E-state index in [0.29, 0.717) is 6.04 Å². The summed E-state index contributed by atoms with van der Waals surface area (Å²) in [7, 11) is 0. The van der Waals surface area contributed by atoms with Crippen molar-refractivity contribution in [2.45, 2.75) is 25.4 Å². The summed E-state index contributed by atoms with van der Waals surface area (Å²) in [6.07, 6.45) is 4.45. The van der Waals surface area contributed by atoms with Crippen LogP contribution in [0.15, 0.2) is 24.4 Å². The lowest BCUT2D eigenvalue weighted by atomic mass is 10.2. The van der Waals surface area contributed by atoms with Crippen molar-refractivity contribution in [2.24, 2.45) is 0 Å². The molecule has 14 heavy (non-hydrogen) atoms. The van der Waals surface area contributed by atoms with Gasteiger partial charge in [0.05, 0.1) is 5.69 Å². The second kappa shape index (κ2) is 5.08. The Bertz CT molecular complexity index is 254. The molecular weight excluding hydrogens is 174 g/mol. The van der Waals surface area contributed by atoms with Crippen molar-refractivity contribution in [3.05, 3.63) is 30.1 Å². The first-order valence-corrected chi connectivity index (χ1v) is 5.29. The molecular formula is C11H17N3. The smallest absolute Gasteiger partial charge is 0.0541 e. The van der Waals surface area contributed by atoms with E-state index in [0.717, 1.165) is 18.8 Å². The zero-order valence-electron chi connectivity index (χ0n) is 8.37. The van der Waals surface area contributed by atoms with Crippen LogP contribution in [0.1, 0.15) is 18.5 Å². The van der Waals surface area contributed by atoms with Crippen LogP contribution in [0.3, 0.4) is 0 Å². The van der Waals surface area contributed by atoms with Crippen LogP contribution in [0.5, 0.6) is 0 Å². The van der Waals surface area contributed by atoms with Gasteiger partial charge in [0.15, 0.2) is 0 Å². The molecule has 2 rings (SSSR count). The van der Waals surface area contributed by atoms with E-state index in [-0.39, 0.29) is 0 Å². The molecule has 0 aliphatic carbocycles. The minimum absolute atomic E-state index is 0.665. The van der Waals surface area contributed by atoms with E-state index in [1.54, 1.807) is 0 Å². The summed E-state index contributed by atoms with van der Waals surface area (Å²) in [5.74, 6) is 0. The summed E-state index contributed by atoms with van der Waals surface area (Å²) in [5, 5.41) is 6.88. The lowest BCUT2D eigenvalue weighted by molar-refractivity contribution is 0.532. The molecule has 0 amide bonds. The second-order valence-corrected chi connectivity index (χ2v) is 3.75. The molecule has 3 nitrogen and oxygen atoms in total. The molecule has 1 saturated heterocycles. The van der Waals surface area contributed by atoms with Crippen molar-refractivity contribution in [3.63, 3.8) is 0 Å². The molecule has 1 aliphatic heterocycles. The van der Waals surface area contributed by atoms with Crippen LogP contribution >= 0.6 is 0 Å². The molecule has 0 saturated carbocycles. The van der Waals surface area contributed by atoms with Crippen molar-refractivity contribution in [2.75, 3.05) is 13.1 Å². The Hall–Kier alpha value is -0.930. The van der Waals surface area contributed by atoms with Gasteiger partial charge in [-0.05, 0) is 31.5 Å². The van der Waals surface area contributed by atoms with Gasteiger partial charge in [0, 0.05) is 25.3 Å². The van der Waals surface area contributed by atoms with E-state index in [9.17, 15) is 0 Å². The SMILES string of the molecule is c1ccc(CNC[C@@H]2CCCN2)nc1. The Morgan fingerprint density at radius 3 is 3.21 bits per heavy atom. The Morgan fingerprint density at radius 1 is 1.50 bits per heavy atom. The zero-order valence-corrected chi connectivity index (χ0v) is 8.37. The summed E-state index contributed by atoms with van der Waals surface area (Å²) in [6.45, 7) is 3.10. The number of aromatic nitrogens is 1. The molecule has 76 valence electrons. The van der Waals surface area contributed by atoms with Gasteiger partial charge in [0.2, 0.25) is 0 Å². The van der Waals surface area contributed by atoms with Crippen LogP contribution in [0.25, 0.3) is 0 Å². The summed E-state index contributed by atoms with van der Waals surface area (Å²) in [6, 6.07) is 6.69. The molecule has 2 heterocycles. The number of nitrogens with zero attached hydrogens (tertiary/aromatic N) is 1. The van der Waals surface area contributed by atoms with Crippen molar-refractivity contribution >= 4 is 0 Å². The highest BCUT2D eigenvalue weighted by Crippen LogP contribution is 2.03. The molecule has 0 bridgehead atoms. The molecule has 2 N–H and O–H groups in total. The predicted molar refractivity (Wildman–Crippen MR) is 57.0 cm³/mol. The highest BCUT2D eigenvalue weighted by molar-refractivity contribution is 5.02. The molecule has 1 aliphatic rings. The fourth-order valence-corrected chi connectivity index (χ4v) is 1.81. The number of hydrogen-bond acceptors (Lipinski definition) is 3. The fraction of sp³-hybridized carbons (Fsp3) is 0.545. The summed E-state index contributed by atoms with van der Waals surface area (Å²) < 4.78 is 0. The third-order valence-corrected chi connectivity index (χ3v) is 2.59. The van der Waals surface area contributed by atoms with Gasteiger partial charge in [-0.15, -0.1) is 0 Å². The van der Waals surface area contributed by atoms with Crippen LogP contribution in [-0.4, -0.2) is 24.1 Å². The van der Waals surface area contributed by atoms with E-state index in [1.165, 1.54) is 19.4 Å². The Kier molecular flexibility index (Phi) is 3.49. The normalized spacial score (nSPS) is 21.3. The molecule has 0 unspecified atom stereocenters. The molecule has 1 atom stereocenters. The Morgan fingerprint density at radius 2 is 2.50 bits per heavy atom. The maximum absolute atomic E-state index is 4.26. The molecule has 0 radical (unpaired) electrons. The quantitative estimate of drug-likeness (QED) is 0.743. The lowest BCUT2D eigenvalue weighted by Gasteiger charge is -2.10. The first-order valence-electron chi connectivity index (χ1n) is 5.29. The third kappa shape index (κ3) is 2.79. The fourth-order valence-electron chi connectivity index (χ4n) is 1.81. The molecule has 1 aromatic heterocycles. The highest BCUT2D eigenvalue weighted by Gasteiger charge is 2.12. The van der Waals surface area contributed by atoms with Crippen LogP contribution in [-0.2, 0) is 6.54 Å². The van der Waals surface area contributed by atoms with Gasteiger partial charge in [-0.25, -0.2) is 0 Å². The Balaban J connectivity index is 1.67. The number of hydrogen-bond donors (Lipinski definition) is 2. The van der Waals surface area contributed by atoms with Crippen LogP contribution in [0.4, 0.5) is 0 Å². The monoisotopic (exact) mass is 191 g/mol. The predicted octanol–water partition coefficient (Wildman–Crippen LogP) is 0.923. The van der Waals surface area contributed by atoms with Gasteiger partial charge in [0.1, 0.15) is 0 Å². The lowest BCUT2D eigenvalue weighted by Crippen LogP contribution is -2.33.